The molecule has 3 atom stereocenters. The normalized spacial score (nSPS) is 17.2. The number of rotatable bonds is 9. The van der Waals surface area contributed by atoms with E-state index in [0.29, 0.717) is 5.56 Å². The van der Waals surface area contributed by atoms with E-state index in [9.17, 15) is 37.5 Å². The average Bonchev–Trinajstić information content (AvgIpc) is 3.79. The topological polar surface area (TPSA) is 187 Å². The third kappa shape index (κ3) is 8.15. The number of Topliss-reactive ketones (excluding diaryl/α,β-unsaturated/α-hetero) is 1. The number of alkyl halides is 3. The third-order valence-electron chi connectivity index (χ3n) is 9.53. The van der Waals surface area contributed by atoms with Crippen molar-refractivity contribution in [2.45, 2.75) is 64.3 Å². The van der Waals surface area contributed by atoms with Crippen LogP contribution in [-0.4, -0.2) is 75.9 Å². The molecule has 5 aromatic rings. The smallest absolute Gasteiger partial charge is 0.433 e. The number of nitrogens with one attached hydrogen (secondary N) is 1. The summed E-state index contributed by atoms with van der Waals surface area (Å²) in [6.45, 7) is 4.82. The molecule has 7 rings (SSSR count). The lowest BCUT2D eigenvalue weighted by molar-refractivity contribution is -0.147. The van der Waals surface area contributed by atoms with Crippen LogP contribution in [0.15, 0.2) is 65.1 Å². The maximum absolute atomic E-state index is 13.9. The highest BCUT2D eigenvalue weighted by atomic mass is 19.4. The summed E-state index contributed by atoms with van der Waals surface area (Å²) in [4.78, 5) is 59.7. The summed E-state index contributed by atoms with van der Waals surface area (Å²) in [6, 6.07) is 13.7. The van der Waals surface area contributed by atoms with Gasteiger partial charge >= 0.3 is 12.1 Å². The Bertz CT molecular complexity index is 2320. The first kappa shape index (κ1) is 39.7. The molecule has 0 unspecified atom stereocenters. The van der Waals surface area contributed by atoms with Crippen molar-refractivity contribution in [2.75, 3.05) is 20.3 Å². The highest BCUT2D eigenvalue weighted by Crippen LogP contribution is 2.38. The number of carbonyl (C=O) groups is 4. The van der Waals surface area contributed by atoms with Gasteiger partial charge in [-0.05, 0) is 69.3 Å². The first-order valence-electron chi connectivity index (χ1n) is 17.9. The molecule has 3 heterocycles. The number of methoxy groups -OCH3 is 1. The third-order valence-corrected chi connectivity index (χ3v) is 9.53. The minimum atomic E-state index is -4.68. The van der Waals surface area contributed by atoms with Crippen molar-refractivity contribution in [1.29, 1.82) is 0 Å². The van der Waals surface area contributed by atoms with E-state index in [2.05, 4.69) is 15.3 Å². The molecular weight excluding hydrogens is 735 g/mol. The van der Waals surface area contributed by atoms with Gasteiger partial charge in [0.15, 0.2) is 17.2 Å². The van der Waals surface area contributed by atoms with E-state index in [1.54, 1.807) is 26.0 Å². The van der Waals surface area contributed by atoms with Crippen molar-refractivity contribution >= 4 is 45.2 Å². The van der Waals surface area contributed by atoms with E-state index < -0.39 is 41.9 Å². The standard InChI is InChI=1S/C28H30F3N5O6.C12H10O2/c1-4-41-27(39)18-11-15(33-24(37)14-5-6-14)12-36(18)26(38)22-23(13(2)32)42-25(35-22)17-7-9-19(40-3)21-16(17)8-10-20(34-21)28(29,30)31;1-8(13)10-7-6-9-4-2-3-5-11(9)12(10)14/h7-10,13-15,18H,4-6,11-12,32H2,1-3H3,(H,33,37);2-7,14H,1H3/t13-,15+,18-;/m0./s1. The second kappa shape index (κ2) is 16.0. The van der Waals surface area contributed by atoms with E-state index in [-0.39, 0.29) is 82.5 Å². The van der Waals surface area contributed by atoms with Gasteiger partial charge in [-0.2, -0.15) is 13.2 Å². The van der Waals surface area contributed by atoms with Gasteiger partial charge in [-0.15, -0.1) is 0 Å². The van der Waals surface area contributed by atoms with Crippen LogP contribution >= 0.6 is 0 Å². The van der Waals surface area contributed by atoms with E-state index in [1.165, 1.54) is 37.1 Å². The van der Waals surface area contributed by atoms with Gasteiger partial charge in [0.1, 0.15) is 28.8 Å². The number of aromatic hydroxyl groups is 1. The number of aromatic nitrogens is 2. The maximum Gasteiger partial charge on any atom is 0.433 e. The molecule has 56 heavy (non-hydrogen) atoms. The molecule has 3 aromatic carbocycles. The molecule has 294 valence electrons. The number of benzene rings is 3. The molecule has 1 saturated heterocycles. The molecule has 2 amide bonds. The summed E-state index contributed by atoms with van der Waals surface area (Å²) >= 11 is 0. The lowest BCUT2D eigenvalue weighted by Crippen LogP contribution is -2.43. The molecule has 0 bridgehead atoms. The summed E-state index contributed by atoms with van der Waals surface area (Å²) in [5.41, 5.74) is 5.43. The number of esters is 1. The maximum atomic E-state index is 13.9. The van der Waals surface area contributed by atoms with Crippen molar-refractivity contribution in [3.63, 3.8) is 0 Å². The van der Waals surface area contributed by atoms with Crippen LogP contribution in [0, 0.1) is 5.92 Å². The minimum Gasteiger partial charge on any atom is -0.507 e. The number of oxazole rings is 1. The van der Waals surface area contributed by atoms with Crippen LogP contribution in [0.3, 0.4) is 0 Å². The van der Waals surface area contributed by atoms with Crippen LogP contribution in [0.5, 0.6) is 11.5 Å². The number of carbonyl (C=O) groups excluding carboxylic acids is 4. The SMILES string of the molecule is CC(=O)c1ccc2ccccc2c1O.CCOC(=O)[C@@H]1C[C@@H](NC(=O)C2CC2)CN1C(=O)c1nc(-c2ccc(OC)c3nc(C(F)(F)F)ccc23)oc1[C@H](C)N. The molecule has 2 fully saturated rings. The number of nitrogens with zero attached hydrogens (tertiary/aromatic N) is 3. The molecule has 13 nitrogen and oxygen atoms in total. The lowest BCUT2D eigenvalue weighted by Gasteiger charge is -2.22. The first-order chi connectivity index (χ1) is 26.6. The summed E-state index contributed by atoms with van der Waals surface area (Å²) in [6.07, 6.45) is -2.91. The highest BCUT2D eigenvalue weighted by molar-refractivity contribution is 6.03. The zero-order chi connectivity index (χ0) is 40.5. The molecule has 16 heteroatoms. The summed E-state index contributed by atoms with van der Waals surface area (Å²) in [7, 11) is 1.31. The number of phenolic OH excluding ortho intramolecular Hbond substituents is 1. The number of ketones is 1. The monoisotopic (exact) mass is 775 g/mol. The Balaban J connectivity index is 0.000000317. The fourth-order valence-corrected chi connectivity index (χ4v) is 6.58. The van der Waals surface area contributed by atoms with Crippen LogP contribution in [0.4, 0.5) is 13.2 Å². The number of nitrogens with two attached hydrogens (primary N) is 1. The molecule has 1 saturated carbocycles. The zero-order valence-electron chi connectivity index (χ0n) is 31.0. The number of fused-ring (bicyclic) bond motifs is 2. The number of phenols is 1. The fraction of sp³-hybridized carbons (Fsp3) is 0.350. The Morgan fingerprint density at radius 2 is 1.77 bits per heavy atom. The number of ether oxygens (including phenoxy) is 2. The number of likely N-dealkylation sites (tertiary alicyclic amines) is 1. The van der Waals surface area contributed by atoms with Crippen molar-refractivity contribution < 1.29 is 51.3 Å². The summed E-state index contributed by atoms with van der Waals surface area (Å²) in [5, 5.41) is 14.6. The van der Waals surface area contributed by atoms with Crippen LogP contribution in [0.2, 0.25) is 0 Å². The molecule has 0 spiro atoms. The van der Waals surface area contributed by atoms with Gasteiger partial charge in [0, 0.05) is 41.3 Å². The second-order valence-electron chi connectivity index (χ2n) is 13.6. The highest BCUT2D eigenvalue weighted by Gasteiger charge is 2.44. The van der Waals surface area contributed by atoms with Crippen molar-refractivity contribution in [1.82, 2.24) is 20.2 Å². The molecule has 0 radical (unpaired) electrons. The molecular formula is C40H40F3N5O8. The Hall–Kier alpha value is -6.03. The molecule has 4 N–H and O–H groups in total. The Morgan fingerprint density at radius 1 is 1.04 bits per heavy atom. The first-order valence-corrected chi connectivity index (χ1v) is 17.9. The van der Waals surface area contributed by atoms with E-state index >= 15 is 0 Å². The van der Waals surface area contributed by atoms with E-state index in [0.717, 1.165) is 29.7 Å². The largest absolute Gasteiger partial charge is 0.507 e. The fourth-order valence-electron chi connectivity index (χ4n) is 6.58. The summed E-state index contributed by atoms with van der Waals surface area (Å²) in [5.74, 6) is -1.45. The minimum absolute atomic E-state index is 0.0203. The van der Waals surface area contributed by atoms with Gasteiger partial charge < -0.3 is 34.9 Å². The molecule has 1 aliphatic carbocycles. The van der Waals surface area contributed by atoms with Gasteiger partial charge in [-0.1, -0.05) is 30.3 Å². The predicted octanol–water partition coefficient (Wildman–Crippen LogP) is 6.36. The van der Waals surface area contributed by atoms with Gasteiger partial charge in [-0.25, -0.2) is 14.8 Å². The van der Waals surface area contributed by atoms with Crippen molar-refractivity contribution in [3.8, 4) is 23.0 Å². The quantitative estimate of drug-likeness (QED) is 0.112. The number of amides is 2. The Labute approximate surface area is 319 Å². The van der Waals surface area contributed by atoms with Gasteiger partial charge in [0.25, 0.3) is 5.91 Å². The van der Waals surface area contributed by atoms with E-state index in [4.69, 9.17) is 19.6 Å². The van der Waals surface area contributed by atoms with Crippen LogP contribution in [0.1, 0.15) is 78.4 Å². The predicted molar refractivity (Wildman–Crippen MR) is 198 cm³/mol. The Morgan fingerprint density at radius 3 is 2.41 bits per heavy atom. The number of pyridine rings is 1. The molecule has 2 aliphatic rings. The number of hydrogen-bond acceptors (Lipinski definition) is 11. The zero-order valence-corrected chi connectivity index (χ0v) is 31.0. The molecule has 1 aliphatic heterocycles. The van der Waals surface area contributed by atoms with Crippen molar-refractivity contribution in [2.24, 2.45) is 11.7 Å². The average molecular weight is 776 g/mol. The Kier molecular flexibility index (Phi) is 11.3. The summed E-state index contributed by atoms with van der Waals surface area (Å²) < 4.78 is 56.5. The lowest BCUT2D eigenvalue weighted by atomic mass is 10.0. The van der Waals surface area contributed by atoms with Crippen LogP contribution in [0.25, 0.3) is 33.1 Å². The van der Waals surface area contributed by atoms with Crippen LogP contribution < -0.4 is 15.8 Å². The van der Waals surface area contributed by atoms with Gasteiger partial charge in [-0.3, -0.25) is 14.4 Å². The van der Waals surface area contributed by atoms with E-state index in [1.807, 2.05) is 24.3 Å². The number of hydrogen-bond donors (Lipinski definition) is 3. The van der Waals surface area contributed by atoms with Crippen molar-refractivity contribution in [3.05, 3.63) is 83.4 Å². The van der Waals surface area contributed by atoms with Gasteiger partial charge in [0.2, 0.25) is 11.8 Å². The molecule has 2 aromatic heterocycles. The number of halogens is 3. The van der Waals surface area contributed by atoms with Gasteiger partial charge in [0.05, 0.1) is 25.3 Å². The van der Waals surface area contributed by atoms with Crippen LogP contribution in [-0.2, 0) is 20.5 Å². The second-order valence-corrected chi connectivity index (χ2v) is 13.6.